The number of carbonyl (C=O) groups is 1. The third-order valence-corrected chi connectivity index (χ3v) is 2.79. The maximum Gasteiger partial charge on any atom is 0.335 e. The SMILES string of the molecule is COc1cc(C(=O)O)ccc1OCc1cccnc1C#N. The number of aromatic nitrogens is 1. The summed E-state index contributed by atoms with van der Waals surface area (Å²) in [6, 6.07) is 9.76. The molecule has 0 aliphatic heterocycles. The highest BCUT2D eigenvalue weighted by Gasteiger charge is 2.11. The van der Waals surface area contributed by atoms with E-state index in [1.54, 1.807) is 12.1 Å². The Morgan fingerprint density at radius 2 is 2.19 bits per heavy atom. The second-order valence-electron chi connectivity index (χ2n) is 4.08. The van der Waals surface area contributed by atoms with E-state index >= 15 is 0 Å². The molecule has 0 aliphatic carbocycles. The minimum atomic E-state index is -1.04. The predicted molar refractivity (Wildman–Crippen MR) is 73.2 cm³/mol. The number of pyridine rings is 1. The maximum absolute atomic E-state index is 10.9. The van der Waals surface area contributed by atoms with E-state index in [2.05, 4.69) is 4.98 Å². The van der Waals surface area contributed by atoms with Crippen LogP contribution in [0.5, 0.6) is 11.5 Å². The summed E-state index contributed by atoms with van der Waals surface area (Å²) < 4.78 is 10.7. The lowest BCUT2D eigenvalue weighted by Gasteiger charge is -2.11. The average molecular weight is 284 g/mol. The lowest BCUT2D eigenvalue weighted by Crippen LogP contribution is -2.02. The Hall–Kier alpha value is -3.07. The Kier molecular flexibility index (Phi) is 4.36. The van der Waals surface area contributed by atoms with Crippen molar-refractivity contribution in [1.29, 1.82) is 5.26 Å². The van der Waals surface area contributed by atoms with Crippen molar-refractivity contribution >= 4 is 5.97 Å². The molecule has 0 fully saturated rings. The van der Waals surface area contributed by atoms with Gasteiger partial charge in [-0.15, -0.1) is 0 Å². The molecular weight excluding hydrogens is 272 g/mol. The molecule has 1 N–H and O–H groups in total. The highest BCUT2D eigenvalue weighted by molar-refractivity contribution is 5.88. The number of carboxylic acids is 1. The number of carboxylic acid groups (broad SMARTS) is 1. The van der Waals surface area contributed by atoms with Gasteiger partial charge in [-0.05, 0) is 24.3 Å². The van der Waals surface area contributed by atoms with E-state index in [1.807, 2.05) is 6.07 Å². The van der Waals surface area contributed by atoms with Crippen molar-refractivity contribution in [2.24, 2.45) is 0 Å². The van der Waals surface area contributed by atoms with Gasteiger partial charge in [-0.2, -0.15) is 5.26 Å². The second-order valence-corrected chi connectivity index (χ2v) is 4.08. The molecule has 0 unspecified atom stereocenters. The van der Waals surface area contributed by atoms with Gasteiger partial charge in [0.05, 0.1) is 12.7 Å². The van der Waals surface area contributed by atoms with E-state index in [1.165, 1.54) is 31.5 Å². The number of hydrogen-bond acceptors (Lipinski definition) is 5. The minimum Gasteiger partial charge on any atom is -0.493 e. The molecule has 0 saturated carbocycles. The number of benzene rings is 1. The van der Waals surface area contributed by atoms with Crippen molar-refractivity contribution < 1.29 is 19.4 Å². The second kappa shape index (κ2) is 6.39. The maximum atomic E-state index is 10.9. The smallest absolute Gasteiger partial charge is 0.335 e. The Balaban J connectivity index is 2.20. The van der Waals surface area contributed by atoms with E-state index in [0.29, 0.717) is 22.8 Å². The molecular formula is C15H12N2O4. The molecule has 6 heteroatoms. The number of hydrogen-bond donors (Lipinski definition) is 1. The van der Waals surface area contributed by atoms with Gasteiger partial charge in [-0.25, -0.2) is 9.78 Å². The van der Waals surface area contributed by atoms with Gasteiger partial charge in [0.15, 0.2) is 11.5 Å². The first-order valence-corrected chi connectivity index (χ1v) is 6.04. The molecule has 1 aromatic carbocycles. The van der Waals surface area contributed by atoms with Crippen LogP contribution in [0.15, 0.2) is 36.5 Å². The molecule has 1 aromatic heterocycles. The summed E-state index contributed by atoms with van der Waals surface area (Å²) in [4.78, 5) is 14.8. The third kappa shape index (κ3) is 3.28. The van der Waals surface area contributed by atoms with Gasteiger partial charge in [0.25, 0.3) is 0 Å². The van der Waals surface area contributed by atoms with E-state index < -0.39 is 5.97 Å². The Bertz CT molecular complexity index is 707. The van der Waals surface area contributed by atoms with Crippen LogP contribution >= 0.6 is 0 Å². The van der Waals surface area contributed by atoms with Crippen molar-refractivity contribution in [1.82, 2.24) is 4.98 Å². The zero-order valence-corrected chi connectivity index (χ0v) is 11.2. The van der Waals surface area contributed by atoms with Gasteiger partial charge in [0, 0.05) is 11.8 Å². The standard InChI is InChI=1S/C15H12N2O4/c1-20-14-7-10(15(18)19)4-5-13(14)21-9-11-3-2-6-17-12(11)8-16/h2-7H,9H2,1H3,(H,18,19). The number of nitriles is 1. The number of ether oxygens (including phenoxy) is 2. The van der Waals surface area contributed by atoms with E-state index in [-0.39, 0.29) is 12.2 Å². The van der Waals surface area contributed by atoms with Crippen molar-refractivity contribution in [2.45, 2.75) is 6.61 Å². The average Bonchev–Trinajstić information content (AvgIpc) is 2.52. The topological polar surface area (TPSA) is 92.4 Å². The van der Waals surface area contributed by atoms with Crippen LogP contribution in [-0.2, 0) is 6.61 Å². The molecule has 1 heterocycles. The summed E-state index contributed by atoms with van der Waals surface area (Å²) in [5, 5.41) is 17.9. The first kappa shape index (κ1) is 14.3. The summed E-state index contributed by atoms with van der Waals surface area (Å²) >= 11 is 0. The fourth-order valence-electron chi connectivity index (χ4n) is 1.73. The first-order valence-electron chi connectivity index (χ1n) is 6.04. The molecule has 0 spiro atoms. The third-order valence-electron chi connectivity index (χ3n) is 2.79. The number of rotatable bonds is 5. The summed E-state index contributed by atoms with van der Waals surface area (Å²) in [5.41, 5.74) is 1.04. The van der Waals surface area contributed by atoms with Crippen LogP contribution in [0, 0.1) is 11.3 Å². The molecule has 2 rings (SSSR count). The van der Waals surface area contributed by atoms with Crippen molar-refractivity contribution in [2.75, 3.05) is 7.11 Å². The quantitative estimate of drug-likeness (QED) is 0.905. The molecule has 21 heavy (non-hydrogen) atoms. The van der Waals surface area contributed by atoms with E-state index in [9.17, 15) is 4.79 Å². The van der Waals surface area contributed by atoms with Gasteiger partial charge in [-0.3, -0.25) is 0 Å². The molecule has 0 atom stereocenters. The Morgan fingerprint density at radius 3 is 2.86 bits per heavy atom. The Morgan fingerprint density at radius 1 is 1.38 bits per heavy atom. The van der Waals surface area contributed by atoms with Crippen molar-refractivity contribution in [3.05, 3.63) is 53.3 Å². The summed E-state index contributed by atoms with van der Waals surface area (Å²) in [5.74, 6) is -0.327. The van der Waals surface area contributed by atoms with E-state index in [0.717, 1.165) is 0 Å². The highest BCUT2D eigenvalue weighted by atomic mass is 16.5. The highest BCUT2D eigenvalue weighted by Crippen LogP contribution is 2.29. The van der Waals surface area contributed by atoms with Crippen LogP contribution in [0.25, 0.3) is 0 Å². The molecule has 0 saturated heterocycles. The van der Waals surface area contributed by atoms with Gasteiger partial charge < -0.3 is 14.6 Å². The van der Waals surface area contributed by atoms with Gasteiger partial charge >= 0.3 is 5.97 Å². The molecule has 0 radical (unpaired) electrons. The van der Waals surface area contributed by atoms with E-state index in [4.69, 9.17) is 19.8 Å². The van der Waals surface area contributed by atoms with Crippen LogP contribution in [0.2, 0.25) is 0 Å². The van der Waals surface area contributed by atoms with Crippen LogP contribution in [0.4, 0.5) is 0 Å². The molecule has 0 amide bonds. The fraction of sp³-hybridized carbons (Fsp3) is 0.133. The largest absolute Gasteiger partial charge is 0.493 e. The Labute approximate surface area is 121 Å². The van der Waals surface area contributed by atoms with Crippen LogP contribution < -0.4 is 9.47 Å². The number of nitrogens with zero attached hydrogens (tertiary/aromatic N) is 2. The predicted octanol–water partition coefficient (Wildman–Crippen LogP) is 2.24. The molecule has 6 nitrogen and oxygen atoms in total. The summed E-state index contributed by atoms with van der Waals surface area (Å²) in [6.45, 7) is 0.138. The lowest BCUT2D eigenvalue weighted by molar-refractivity contribution is 0.0696. The fourth-order valence-corrected chi connectivity index (χ4v) is 1.73. The van der Waals surface area contributed by atoms with Crippen LogP contribution in [0.1, 0.15) is 21.6 Å². The molecule has 0 bridgehead atoms. The van der Waals surface area contributed by atoms with Gasteiger partial charge in [-0.1, -0.05) is 6.07 Å². The zero-order chi connectivity index (χ0) is 15.2. The lowest BCUT2D eigenvalue weighted by atomic mass is 10.2. The van der Waals surface area contributed by atoms with Gasteiger partial charge in [0.2, 0.25) is 0 Å². The molecule has 2 aromatic rings. The monoisotopic (exact) mass is 284 g/mol. The summed E-state index contributed by atoms with van der Waals surface area (Å²) in [7, 11) is 1.43. The van der Waals surface area contributed by atoms with Crippen LogP contribution in [-0.4, -0.2) is 23.2 Å². The van der Waals surface area contributed by atoms with Crippen LogP contribution in [0.3, 0.4) is 0 Å². The van der Waals surface area contributed by atoms with Crippen molar-refractivity contribution in [3.8, 4) is 17.6 Å². The number of aromatic carboxylic acids is 1. The molecule has 106 valence electrons. The first-order chi connectivity index (χ1) is 10.2. The normalized spacial score (nSPS) is 9.71. The van der Waals surface area contributed by atoms with Gasteiger partial charge in [0.1, 0.15) is 18.4 Å². The molecule has 0 aliphatic rings. The summed E-state index contributed by atoms with van der Waals surface area (Å²) in [6.07, 6.45) is 1.53. The number of methoxy groups -OCH3 is 1. The minimum absolute atomic E-state index is 0.110. The van der Waals surface area contributed by atoms with Crippen molar-refractivity contribution in [3.63, 3.8) is 0 Å². The zero-order valence-electron chi connectivity index (χ0n) is 11.2.